The topological polar surface area (TPSA) is 57.6 Å². The van der Waals surface area contributed by atoms with E-state index in [9.17, 15) is 9.59 Å². The molecule has 1 fully saturated rings. The quantitative estimate of drug-likeness (QED) is 0.875. The van der Waals surface area contributed by atoms with Crippen molar-refractivity contribution in [2.24, 2.45) is 0 Å². The van der Waals surface area contributed by atoms with Gasteiger partial charge >= 0.3 is 5.97 Å². The number of rotatable bonds is 6. The molecule has 22 heavy (non-hydrogen) atoms. The Morgan fingerprint density at radius 1 is 1.27 bits per heavy atom. The van der Waals surface area contributed by atoms with E-state index in [0.717, 1.165) is 23.5 Å². The first-order valence-electron chi connectivity index (χ1n) is 7.77. The number of hydrogen-bond acceptors (Lipinski definition) is 3. The second-order valence-corrected chi connectivity index (χ2v) is 6.73. The molecule has 5 heteroatoms. The van der Waals surface area contributed by atoms with Gasteiger partial charge in [-0.25, -0.2) is 0 Å². The van der Waals surface area contributed by atoms with E-state index < -0.39 is 5.97 Å². The highest BCUT2D eigenvalue weighted by atomic mass is 32.2. The zero-order chi connectivity index (χ0) is 15.9. The molecule has 1 aliphatic heterocycles. The molecule has 120 valence electrons. The smallest absolute Gasteiger partial charge is 0.305 e. The molecule has 0 radical (unpaired) electrons. The molecule has 0 aromatic heterocycles. The number of aliphatic carboxylic acids is 1. The summed E-state index contributed by atoms with van der Waals surface area (Å²) >= 11 is 1.73. The summed E-state index contributed by atoms with van der Waals surface area (Å²) in [7, 11) is 0. The Kier molecular flexibility index (Phi) is 6.31. The largest absolute Gasteiger partial charge is 0.481 e. The second-order valence-electron chi connectivity index (χ2n) is 5.58. The Morgan fingerprint density at radius 3 is 2.59 bits per heavy atom. The van der Waals surface area contributed by atoms with Crippen molar-refractivity contribution < 1.29 is 14.7 Å². The first-order valence-corrected chi connectivity index (χ1v) is 8.92. The molecular formula is C17H23NO3S. The standard InChI is InChI=1S/C17H23NO3S/c1-2-13-3-5-14(6-4-13)7-8-16(19)18-9-10-22-12-15(18)11-17(20)21/h3-6,15H,2,7-12H2,1H3,(H,20,21). The number of nitrogens with zero attached hydrogens (tertiary/aromatic N) is 1. The average molecular weight is 321 g/mol. The predicted molar refractivity (Wildman–Crippen MR) is 89.2 cm³/mol. The van der Waals surface area contributed by atoms with Crippen LogP contribution in [0.1, 0.15) is 30.9 Å². The maximum absolute atomic E-state index is 12.4. The number of carbonyl (C=O) groups excluding carboxylic acids is 1. The van der Waals surface area contributed by atoms with Crippen molar-refractivity contribution in [2.75, 3.05) is 18.1 Å². The molecule has 1 saturated heterocycles. The van der Waals surface area contributed by atoms with Gasteiger partial charge in [-0.2, -0.15) is 11.8 Å². The Balaban J connectivity index is 1.90. The maximum Gasteiger partial charge on any atom is 0.305 e. The first kappa shape index (κ1) is 16.9. The number of carbonyl (C=O) groups is 2. The lowest BCUT2D eigenvalue weighted by molar-refractivity contribution is -0.140. The number of carboxylic acid groups (broad SMARTS) is 1. The highest BCUT2D eigenvalue weighted by Crippen LogP contribution is 2.20. The van der Waals surface area contributed by atoms with Crippen molar-refractivity contribution in [3.8, 4) is 0 Å². The highest BCUT2D eigenvalue weighted by molar-refractivity contribution is 7.99. The summed E-state index contributed by atoms with van der Waals surface area (Å²) in [5.41, 5.74) is 2.45. The minimum atomic E-state index is -0.833. The van der Waals surface area contributed by atoms with Gasteiger partial charge in [0, 0.05) is 24.5 Å². The summed E-state index contributed by atoms with van der Waals surface area (Å²) in [5, 5.41) is 8.98. The van der Waals surface area contributed by atoms with Crippen LogP contribution in [0.3, 0.4) is 0 Å². The van der Waals surface area contributed by atoms with E-state index >= 15 is 0 Å². The number of thioether (sulfide) groups is 1. The van der Waals surface area contributed by atoms with Crippen LogP contribution < -0.4 is 0 Å². The number of amides is 1. The molecule has 1 aromatic carbocycles. The normalized spacial score (nSPS) is 18.2. The van der Waals surface area contributed by atoms with Gasteiger partial charge in [0.05, 0.1) is 12.5 Å². The van der Waals surface area contributed by atoms with E-state index in [1.165, 1.54) is 5.56 Å². The SMILES string of the molecule is CCc1ccc(CCC(=O)N2CCSCC2CC(=O)O)cc1. The van der Waals surface area contributed by atoms with Gasteiger partial charge in [0.1, 0.15) is 0 Å². The van der Waals surface area contributed by atoms with Crippen molar-refractivity contribution in [1.82, 2.24) is 4.90 Å². The fourth-order valence-corrected chi connectivity index (χ4v) is 3.75. The zero-order valence-corrected chi connectivity index (χ0v) is 13.8. The van der Waals surface area contributed by atoms with Crippen molar-refractivity contribution >= 4 is 23.6 Å². The fourth-order valence-electron chi connectivity index (χ4n) is 2.69. The van der Waals surface area contributed by atoms with E-state index in [2.05, 4.69) is 31.2 Å². The molecule has 2 rings (SSSR count). The molecule has 0 saturated carbocycles. The third-order valence-electron chi connectivity index (χ3n) is 4.02. The summed E-state index contributed by atoms with van der Waals surface area (Å²) < 4.78 is 0. The summed E-state index contributed by atoms with van der Waals surface area (Å²) in [6.45, 7) is 2.78. The number of carboxylic acids is 1. The third kappa shape index (κ3) is 4.77. The molecule has 1 heterocycles. The lowest BCUT2D eigenvalue weighted by atomic mass is 10.1. The van der Waals surface area contributed by atoms with Crippen LogP contribution >= 0.6 is 11.8 Å². The Labute approximate surface area is 135 Å². The Bertz CT molecular complexity index is 515. The third-order valence-corrected chi connectivity index (χ3v) is 5.11. The maximum atomic E-state index is 12.4. The Hall–Kier alpha value is -1.49. The summed E-state index contributed by atoms with van der Waals surface area (Å²) in [5.74, 6) is 0.864. The molecule has 1 amide bonds. The molecule has 0 aliphatic carbocycles. The summed E-state index contributed by atoms with van der Waals surface area (Å²) in [4.78, 5) is 25.1. The zero-order valence-electron chi connectivity index (χ0n) is 13.0. The van der Waals surface area contributed by atoms with Gasteiger partial charge < -0.3 is 10.0 Å². The van der Waals surface area contributed by atoms with Gasteiger partial charge in [-0.1, -0.05) is 31.2 Å². The van der Waals surface area contributed by atoms with E-state index in [-0.39, 0.29) is 18.4 Å². The molecular weight excluding hydrogens is 298 g/mol. The minimum absolute atomic E-state index is 0.0456. The van der Waals surface area contributed by atoms with Crippen LogP contribution in [0.2, 0.25) is 0 Å². The highest BCUT2D eigenvalue weighted by Gasteiger charge is 2.28. The van der Waals surface area contributed by atoms with Crippen LogP contribution in [0.25, 0.3) is 0 Å². The van der Waals surface area contributed by atoms with Crippen LogP contribution in [-0.2, 0) is 22.4 Å². The first-order chi connectivity index (χ1) is 10.6. The van der Waals surface area contributed by atoms with E-state index in [1.54, 1.807) is 16.7 Å². The predicted octanol–water partition coefficient (Wildman–Crippen LogP) is 2.60. The van der Waals surface area contributed by atoms with Gasteiger partial charge in [-0.15, -0.1) is 0 Å². The molecule has 1 N–H and O–H groups in total. The molecule has 0 spiro atoms. The van der Waals surface area contributed by atoms with Gasteiger partial charge in [0.2, 0.25) is 5.91 Å². The fraction of sp³-hybridized carbons (Fsp3) is 0.529. The van der Waals surface area contributed by atoms with Crippen LogP contribution in [0.15, 0.2) is 24.3 Å². The molecule has 0 bridgehead atoms. The minimum Gasteiger partial charge on any atom is -0.481 e. The van der Waals surface area contributed by atoms with E-state index in [1.807, 2.05) is 0 Å². The van der Waals surface area contributed by atoms with E-state index in [0.29, 0.717) is 19.4 Å². The summed E-state index contributed by atoms with van der Waals surface area (Å²) in [6.07, 6.45) is 2.23. The van der Waals surface area contributed by atoms with Gasteiger partial charge in [-0.3, -0.25) is 9.59 Å². The van der Waals surface area contributed by atoms with Crippen molar-refractivity contribution in [2.45, 2.75) is 38.6 Å². The number of aryl methyl sites for hydroxylation is 2. The average Bonchev–Trinajstić information content (AvgIpc) is 2.53. The number of hydrogen-bond donors (Lipinski definition) is 1. The van der Waals surface area contributed by atoms with Crippen molar-refractivity contribution in [3.63, 3.8) is 0 Å². The van der Waals surface area contributed by atoms with Crippen molar-refractivity contribution in [3.05, 3.63) is 35.4 Å². The molecule has 1 aromatic rings. The molecule has 1 atom stereocenters. The Morgan fingerprint density at radius 2 is 1.95 bits per heavy atom. The monoisotopic (exact) mass is 321 g/mol. The molecule has 1 unspecified atom stereocenters. The van der Waals surface area contributed by atoms with Crippen LogP contribution in [-0.4, -0.2) is 46.0 Å². The second kappa shape index (κ2) is 8.22. The number of benzene rings is 1. The molecule has 4 nitrogen and oxygen atoms in total. The molecule has 1 aliphatic rings. The van der Waals surface area contributed by atoms with Gasteiger partial charge in [0.25, 0.3) is 0 Å². The summed E-state index contributed by atoms with van der Waals surface area (Å²) in [6, 6.07) is 8.20. The van der Waals surface area contributed by atoms with E-state index in [4.69, 9.17) is 5.11 Å². The van der Waals surface area contributed by atoms with Crippen LogP contribution in [0.5, 0.6) is 0 Å². The van der Waals surface area contributed by atoms with Crippen LogP contribution in [0, 0.1) is 0 Å². The van der Waals surface area contributed by atoms with Gasteiger partial charge in [0.15, 0.2) is 0 Å². The lowest BCUT2D eigenvalue weighted by Crippen LogP contribution is -2.47. The van der Waals surface area contributed by atoms with Crippen molar-refractivity contribution in [1.29, 1.82) is 0 Å². The van der Waals surface area contributed by atoms with Gasteiger partial charge in [-0.05, 0) is 24.0 Å². The van der Waals surface area contributed by atoms with Crippen LogP contribution in [0.4, 0.5) is 0 Å². The lowest BCUT2D eigenvalue weighted by Gasteiger charge is -2.34.